The van der Waals surface area contributed by atoms with E-state index in [1.54, 1.807) is 7.11 Å². The lowest BCUT2D eigenvalue weighted by atomic mass is 9.75. The Balaban J connectivity index is 1.48. The first-order chi connectivity index (χ1) is 10.8. The molecule has 2 N–H and O–H groups in total. The molecule has 1 saturated heterocycles. The van der Waals surface area contributed by atoms with E-state index in [-0.39, 0.29) is 11.8 Å². The molecule has 0 aromatic heterocycles. The molecule has 1 aromatic carbocycles. The minimum atomic E-state index is 0.101. The van der Waals surface area contributed by atoms with Crippen molar-refractivity contribution >= 4 is 5.91 Å². The van der Waals surface area contributed by atoms with Crippen molar-refractivity contribution in [1.82, 2.24) is 10.6 Å². The number of carbonyl (C=O) groups excluding carboxylic acids is 1. The molecule has 3 rings (SSSR count). The van der Waals surface area contributed by atoms with Gasteiger partial charge in [0.05, 0.1) is 12.0 Å². The number of ether oxygens (including phenoxy) is 1. The monoisotopic (exact) mass is 302 g/mol. The normalized spacial score (nSPS) is 31.4. The van der Waals surface area contributed by atoms with Crippen LogP contribution in [0.4, 0.5) is 0 Å². The number of methoxy groups -OCH3 is 1. The number of rotatable bonds is 5. The third-order valence-corrected chi connectivity index (χ3v) is 5.13. The van der Waals surface area contributed by atoms with Crippen LogP contribution in [0.5, 0.6) is 0 Å². The molecule has 120 valence electrons. The summed E-state index contributed by atoms with van der Waals surface area (Å²) in [6.45, 7) is 1.59. The SMILES string of the molecule is COC1CCC2CC(CNCc3ccccc3)C(=O)NC2C1. The second-order valence-electron chi connectivity index (χ2n) is 6.60. The third-order valence-electron chi connectivity index (χ3n) is 5.13. The van der Waals surface area contributed by atoms with Gasteiger partial charge in [0, 0.05) is 26.2 Å². The van der Waals surface area contributed by atoms with Crippen molar-refractivity contribution in [2.75, 3.05) is 13.7 Å². The van der Waals surface area contributed by atoms with Gasteiger partial charge in [0.25, 0.3) is 0 Å². The molecular formula is C18H26N2O2. The van der Waals surface area contributed by atoms with Crippen molar-refractivity contribution in [3.05, 3.63) is 35.9 Å². The van der Waals surface area contributed by atoms with Crippen molar-refractivity contribution in [2.24, 2.45) is 11.8 Å². The maximum Gasteiger partial charge on any atom is 0.224 e. The Morgan fingerprint density at radius 2 is 2.05 bits per heavy atom. The first kappa shape index (κ1) is 15.5. The average Bonchev–Trinajstić information content (AvgIpc) is 2.56. The molecule has 4 heteroatoms. The molecule has 4 unspecified atom stereocenters. The summed E-state index contributed by atoms with van der Waals surface area (Å²) < 4.78 is 5.45. The predicted octanol–water partition coefficient (Wildman–Crippen LogP) is 2.10. The maximum atomic E-state index is 12.3. The van der Waals surface area contributed by atoms with Crippen molar-refractivity contribution in [3.8, 4) is 0 Å². The number of fused-ring (bicyclic) bond motifs is 1. The summed E-state index contributed by atoms with van der Waals surface area (Å²) in [7, 11) is 1.77. The summed E-state index contributed by atoms with van der Waals surface area (Å²) in [6, 6.07) is 10.6. The molecule has 1 aromatic rings. The Morgan fingerprint density at radius 1 is 1.23 bits per heavy atom. The molecule has 1 heterocycles. The van der Waals surface area contributed by atoms with Gasteiger partial charge in [0.2, 0.25) is 5.91 Å². The number of benzene rings is 1. The van der Waals surface area contributed by atoms with Gasteiger partial charge in [0.15, 0.2) is 0 Å². The van der Waals surface area contributed by atoms with E-state index in [0.717, 1.165) is 32.4 Å². The fourth-order valence-electron chi connectivity index (χ4n) is 3.80. The number of hydrogen-bond donors (Lipinski definition) is 2. The van der Waals surface area contributed by atoms with Crippen molar-refractivity contribution in [3.63, 3.8) is 0 Å². The Labute approximate surface area is 132 Å². The third kappa shape index (κ3) is 3.68. The van der Waals surface area contributed by atoms with E-state index in [1.165, 1.54) is 12.0 Å². The first-order valence-electron chi connectivity index (χ1n) is 8.34. The van der Waals surface area contributed by atoms with E-state index < -0.39 is 0 Å². The zero-order chi connectivity index (χ0) is 15.4. The molecule has 2 aliphatic rings. The standard InChI is InChI=1S/C18H26N2O2/c1-22-16-8-7-14-9-15(18(21)20-17(14)10-16)12-19-11-13-5-3-2-4-6-13/h2-6,14-17,19H,7-12H2,1H3,(H,20,21). The second kappa shape index (κ2) is 7.25. The molecule has 22 heavy (non-hydrogen) atoms. The highest BCUT2D eigenvalue weighted by Gasteiger charge is 2.39. The summed E-state index contributed by atoms with van der Waals surface area (Å²) in [6.07, 6.45) is 4.58. The lowest BCUT2D eigenvalue weighted by Crippen LogP contribution is -2.54. The fourth-order valence-corrected chi connectivity index (χ4v) is 3.80. The lowest BCUT2D eigenvalue weighted by molar-refractivity contribution is -0.130. The van der Waals surface area contributed by atoms with Gasteiger partial charge >= 0.3 is 0 Å². The summed E-state index contributed by atoms with van der Waals surface area (Å²) in [5, 5.41) is 6.65. The van der Waals surface area contributed by atoms with Crippen molar-refractivity contribution in [2.45, 2.75) is 44.4 Å². The maximum absolute atomic E-state index is 12.3. The molecule has 0 radical (unpaired) electrons. The van der Waals surface area contributed by atoms with E-state index >= 15 is 0 Å². The van der Waals surface area contributed by atoms with Crippen molar-refractivity contribution < 1.29 is 9.53 Å². The van der Waals surface area contributed by atoms with Crippen molar-refractivity contribution in [1.29, 1.82) is 0 Å². The quantitative estimate of drug-likeness (QED) is 0.876. The average molecular weight is 302 g/mol. The van der Waals surface area contributed by atoms with Gasteiger partial charge < -0.3 is 15.4 Å². The lowest BCUT2D eigenvalue weighted by Gasteiger charge is -2.41. The van der Waals surface area contributed by atoms with Crippen LogP contribution in [0.1, 0.15) is 31.2 Å². The van der Waals surface area contributed by atoms with E-state index in [2.05, 4.69) is 22.8 Å². The minimum Gasteiger partial charge on any atom is -0.381 e. The second-order valence-corrected chi connectivity index (χ2v) is 6.60. The number of amides is 1. The first-order valence-corrected chi connectivity index (χ1v) is 8.34. The van der Waals surface area contributed by atoms with Gasteiger partial charge in [-0.25, -0.2) is 0 Å². The molecule has 2 fully saturated rings. The summed E-state index contributed by atoms with van der Waals surface area (Å²) in [4.78, 5) is 12.3. The van der Waals surface area contributed by atoms with Gasteiger partial charge in [-0.3, -0.25) is 4.79 Å². The molecule has 1 aliphatic carbocycles. The van der Waals surface area contributed by atoms with Crippen LogP contribution in [0.3, 0.4) is 0 Å². The Hall–Kier alpha value is -1.39. The summed E-state index contributed by atoms with van der Waals surface area (Å²) in [5.41, 5.74) is 1.26. The highest BCUT2D eigenvalue weighted by atomic mass is 16.5. The molecule has 4 atom stereocenters. The van der Waals surface area contributed by atoms with E-state index in [1.807, 2.05) is 18.2 Å². The molecular weight excluding hydrogens is 276 g/mol. The van der Waals surface area contributed by atoms with Crippen LogP contribution in [0.25, 0.3) is 0 Å². The van der Waals surface area contributed by atoms with E-state index in [9.17, 15) is 4.79 Å². The number of carbonyl (C=O) groups is 1. The Bertz CT molecular complexity index is 491. The van der Waals surface area contributed by atoms with Crippen LogP contribution >= 0.6 is 0 Å². The van der Waals surface area contributed by atoms with Crippen LogP contribution < -0.4 is 10.6 Å². The van der Waals surface area contributed by atoms with Gasteiger partial charge in [-0.2, -0.15) is 0 Å². The molecule has 1 saturated carbocycles. The molecule has 0 bridgehead atoms. The minimum absolute atomic E-state index is 0.101. The number of nitrogens with one attached hydrogen (secondary N) is 2. The molecule has 0 spiro atoms. The highest BCUT2D eigenvalue weighted by molar-refractivity contribution is 5.80. The summed E-state index contributed by atoms with van der Waals surface area (Å²) in [5.74, 6) is 0.926. The van der Waals surface area contributed by atoms with Gasteiger partial charge in [-0.1, -0.05) is 30.3 Å². The highest BCUT2D eigenvalue weighted by Crippen LogP contribution is 2.34. The predicted molar refractivity (Wildman–Crippen MR) is 86.3 cm³/mol. The van der Waals surface area contributed by atoms with E-state index in [0.29, 0.717) is 18.1 Å². The zero-order valence-electron chi connectivity index (χ0n) is 13.3. The van der Waals surface area contributed by atoms with Crippen LogP contribution in [0.15, 0.2) is 30.3 Å². The molecule has 1 aliphatic heterocycles. The molecule has 4 nitrogen and oxygen atoms in total. The zero-order valence-corrected chi connectivity index (χ0v) is 13.3. The Kier molecular flexibility index (Phi) is 5.11. The van der Waals surface area contributed by atoms with Gasteiger partial charge in [-0.05, 0) is 37.2 Å². The van der Waals surface area contributed by atoms with Gasteiger partial charge in [-0.15, -0.1) is 0 Å². The smallest absolute Gasteiger partial charge is 0.224 e. The van der Waals surface area contributed by atoms with Gasteiger partial charge in [0.1, 0.15) is 0 Å². The van der Waals surface area contributed by atoms with Crippen LogP contribution in [0.2, 0.25) is 0 Å². The Morgan fingerprint density at radius 3 is 2.82 bits per heavy atom. The number of hydrogen-bond acceptors (Lipinski definition) is 3. The van der Waals surface area contributed by atoms with Crippen LogP contribution in [0, 0.1) is 11.8 Å². The van der Waals surface area contributed by atoms with Crippen LogP contribution in [-0.4, -0.2) is 31.7 Å². The molecule has 1 amide bonds. The summed E-state index contributed by atoms with van der Waals surface area (Å²) >= 11 is 0. The van der Waals surface area contributed by atoms with E-state index in [4.69, 9.17) is 4.74 Å². The largest absolute Gasteiger partial charge is 0.381 e. The topological polar surface area (TPSA) is 50.4 Å². The fraction of sp³-hybridized carbons (Fsp3) is 0.611. The number of piperidine rings is 1. The van der Waals surface area contributed by atoms with Crippen LogP contribution in [-0.2, 0) is 16.1 Å².